The third-order valence-corrected chi connectivity index (χ3v) is 3.59. The molecule has 0 saturated carbocycles. The molecular formula is C17H16O3. The van der Waals surface area contributed by atoms with Crippen LogP contribution in [-0.4, -0.2) is 16.9 Å². The number of carboxylic acid groups (broad SMARTS) is 1. The molecule has 2 aromatic carbocycles. The van der Waals surface area contributed by atoms with E-state index >= 15 is 0 Å². The Balaban J connectivity index is 2.55. The van der Waals surface area contributed by atoms with Crippen LogP contribution < -0.4 is 0 Å². The van der Waals surface area contributed by atoms with Crippen LogP contribution in [0.25, 0.3) is 0 Å². The average Bonchev–Trinajstić information content (AvgIpc) is 2.43. The van der Waals surface area contributed by atoms with E-state index in [-0.39, 0.29) is 16.9 Å². The molecule has 0 heterocycles. The maximum Gasteiger partial charge on any atom is 0.336 e. The molecule has 20 heavy (non-hydrogen) atoms. The highest BCUT2D eigenvalue weighted by Crippen LogP contribution is 2.20. The Morgan fingerprint density at radius 2 is 1.40 bits per heavy atom. The molecule has 0 saturated heterocycles. The van der Waals surface area contributed by atoms with Gasteiger partial charge in [0.1, 0.15) is 0 Å². The summed E-state index contributed by atoms with van der Waals surface area (Å²) in [7, 11) is 0. The number of aromatic carboxylic acids is 1. The SMILES string of the molecule is Cc1cc(C(=O)c2ccccc2C(=O)O)cc(C)c1C. The monoisotopic (exact) mass is 268 g/mol. The zero-order valence-electron chi connectivity index (χ0n) is 11.7. The summed E-state index contributed by atoms with van der Waals surface area (Å²) in [6, 6.07) is 9.91. The number of hydrogen-bond acceptors (Lipinski definition) is 2. The van der Waals surface area contributed by atoms with Gasteiger partial charge in [0.05, 0.1) is 5.56 Å². The summed E-state index contributed by atoms with van der Waals surface area (Å²) in [5.74, 6) is -1.34. The molecule has 102 valence electrons. The van der Waals surface area contributed by atoms with Crippen LogP contribution in [0.5, 0.6) is 0 Å². The summed E-state index contributed by atoms with van der Waals surface area (Å²) in [5.41, 5.74) is 3.99. The zero-order valence-corrected chi connectivity index (χ0v) is 11.7. The van der Waals surface area contributed by atoms with E-state index < -0.39 is 5.97 Å². The van der Waals surface area contributed by atoms with E-state index in [9.17, 15) is 9.59 Å². The Labute approximate surface area is 117 Å². The van der Waals surface area contributed by atoms with Gasteiger partial charge in [0.15, 0.2) is 5.78 Å². The number of ketones is 1. The fourth-order valence-corrected chi connectivity index (χ4v) is 2.19. The number of hydrogen-bond donors (Lipinski definition) is 1. The minimum Gasteiger partial charge on any atom is -0.478 e. The molecule has 0 atom stereocenters. The summed E-state index contributed by atoms with van der Waals surface area (Å²) >= 11 is 0. The van der Waals surface area contributed by atoms with E-state index in [1.165, 1.54) is 6.07 Å². The third-order valence-electron chi connectivity index (χ3n) is 3.59. The van der Waals surface area contributed by atoms with Crippen LogP contribution in [-0.2, 0) is 0 Å². The van der Waals surface area contributed by atoms with E-state index in [1.54, 1.807) is 18.2 Å². The molecule has 0 bridgehead atoms. The first kappa shape index (κ1) is 14.0. The Hall–Kier alpha value is -2.42. The molecule has 3 heteroatoms. The van der Waals surface area contributed by atoms with Gasteiger partial charge in [0.25, 0.3) is 0 Å². The first-order valence-corrected chi connectivity index (χ1v) is 6.36. The van der Waals surface area contributed by atoms with Gasteiger partial charge in [0, 0.05) is 11.1 Å². The molecule has 3 nitrogen and oxygen atoms in total. The van der Waals surface area contributed by atoms with Gasteiger partial charge in [-0.1, -0.05) is 18.2 Å². The van der Waals surface area contributed by atoms with E-state index in [4.69, 9.17) is 5.11 Å². The number of carbonyl (C=O) groups is 2. The topological polar surface area (TPSA) is 54.4 Å². The fraction of sp³-hybridized carbons (Fsp3) is 0.176. The molecular weight excluding hydrogens is 252 g/mol. The first-order chi connectivity index (χ1) is 9.41. The lowest BCUT2D eigenvalue weighted by Crippen LogP contribution is -2.10. The second-order valence-corrected chi connectivity index (χ2v) is 4.91. The normalized spacial score (nSPS) is 10.3. The number of aryl methyl sites for hydroxylation is 2. The van der Waals surface area contributed by atoms with Crippen LogP contribution in [0.1, 0.15) is 43.0 Å². The van der Waals surface area contributed by atoms with Crippen molar-refractivity contribution in [1.29, 1.82) is 0 Å². The Morgan fingerprint density at radius 3 is 1.90 bits per heavy atom. The van der Waals surface area contributed by atoms with Crippen LogP contribution in [0.4, 0.5) is 0 Å². The molecule has 0 aliphatic carbocycles. The number of carboxylic acids is 1. The Kier molecular flexibility index (Phi) is 3.70. The smallest absolute Gasteiger partial charge is 0.336 e. The van der Waals surface area contributed by atoms with E-state index in [0.717, 1.165) is 16.7 Å². The molecule has 1 N–H and O–H groups in total. The number of carbonyl (C=O) groups excluding carboxylic acids is 1. The quantitative estimate of drug-likeness (QED) is 0.866. The summed E-state index contributed by atoms with van der Waals surface area (Å²) < 4.78 is 0. The van der Waals surface area contributed by atoms with Gasteiger partial charge in [-0.3, -0.25) is 4.79 Å². The number of benzene rings is 2. The van der Waals surface area contributed by atoms with Gasteiger partial charge >= 0.3 is 5.97 Å². The van der Waals surface area contributed by atoms with Crippen molar-refractivity contribution >= 4 is 11.8 Å². The molecule has 0 unspecified atom stereocenters. The standard InChI is InChI=1S/C17H16O3/c1-10-8-13(9-11(2)12(10)3)16(18)14-6-4-5-7-15(14)17(19)20/h4-9H,1-3H3,(H,19,20). The van der Waals surface area contributed by atoms with Crippen molar-refractivity contribution in [2.75, 3.05) is 0 Å². The summed E-state index contributed by atoms with van der Waals surface area (Å²) in [5, 5.41) is 9.16. The van der Waals surface area contributed by atoms with Crippen molar-refractivity contribution in [1.82, 2.24) is 0 Å². The summed E-state index contributed by atoms with van der Waals surface area (Å²) in [6.07, 6.45) is 0. The van der Waals surface area contributed by atoms with Crippen LogP contribution in [0, 0.1) is 20.8 Å². The van der Waals surface area contributed by atoms with Crippen LogP contribution >= 0.6 is 0 Å². The van der Waals surface area contributed by atoms with Crippen molar-refractivity contribution in [3.05, 3.63) is 69.8 Å². The largest absolute Gasteiger partial charge is 0.478 e. The van der Waals surface area contributed by atoms with Gasteiger partial charge in [-0.15, -0.1) is 0 Å². The lowest BCUT2D eigenvalue weighted by Gasteiger charge is -2.10. The first-order valence-electron chi connectivity index (χ1n) is 6.36. The maximum absolute atomic E-state index is 12.5. The highest BCUT2D eigenvalue weighted by molar-refractivity contribution is 6.14. The lowest BCUT2D eigenvalue weighted by molar-refractivity contribution is 0.0693. The fourth-order valence-electron chi connectivity index (χ4n) is 2.19. The molecule has 0 radical (unpaired) electrons. The average molecular weight is 268 g/mol. The van der Waals surface area contributed by atoms with Crippen molar-refractivity contribution in [2.24, 2.45) is 0 Å². The molecule has 2 aromatic rings. The van der Waals surface area contributed by atoms with E-state index in [0.29, 0.717) is 5.56 Å². The Morgan fingerprint density at radius 1 is 0.900 bits per heavy atom. The maximum atomic E-state index is 12.5. The highest BCUT2D eigenvalue weighted by atomic mass is 16.4. The predicted molar refractivity (Wildman–Crippen MR) is 77.5 cm³/mol. The lowest BCUT2D eigenvalue weighted by atomic mass is 9.94. The van der Waals surface area contributed by atoms with Crippen LogP contribution in [0.3, 0.4) is 0 Å². The second-order valence-electron chi connectivity index (χ2n) is 4.91. The van der Waals surface area contributed by atoms with Crippen LogP contribution in [0.2, 0.25) is 0 Å². The molecule has 0 aliphatic rings. The number of rotatable bonds is 3. The van der Waals surface area contributed by atoms with Crippen molar-refractivity contribution < 1.29 is 14.7 Å². The minimum absolute atomic E-state index is 0.0355. The molecule has 0 aliphatic heterocycles. The van der Waals surface area contributed by atoms with E-state index in [1.807, 2.05) is 32.9 Å². The molecule has 0 amide bonds. The summed E-state index contributed by atoms with van der Waals surface area (Å²) in [4.78, 5) is 23.7. The molecule has 0 spiro atoms. The second kappa shape index (κ2) is 5.29. The van der Waals surface area contributed by atoms with Crippen molar-refractivity contribution in [2.45, 2.75) is 20.8 Å². The van der Waals surface area contributed by atoms with Gasteiger partial charge in [0.2, 0.25) is 0 Å². The molecule has 0 aromatic heterocycles. The molecule has 2 rings (SSSR count). The third kappa shape index (κ3) is 2.48. The van der Waals surface area contributed by atoms with Gasteiger partial charge in [-0.2, -0.15) is 0 Å². The minimum atomic E-state index is -1.09. The van der Waals surface area contributed by atoms with Gasteiger partial charge in [-0.05, 0) is 55.7 Å². The predicted octanol–water partition coefficient (Wildman–Crippen LogP) is 3.54. The van der Waals surface area contributed by atoms with E-state index in [2.05, 4.69) is 0 Å². The van der Waals surface area contributed by atoms with Gasteiger partial charge < -0.3 is 5.11 Å². The Bertz CT molecular complexity index is 676. The van der Waals surface area contributed by atoms with Crippen molar-refractivity contribution in [3.8, 4) is 0 Å². The summed E-state index contributed by atoms with van der Waals surface area (Å²) in [6.45, 7) is 5.90. The zero-order chi connectivity index (χ0) is 14.9. The highest BCUT2D eigenvalue weighted by Gasteiger charge is 2.18. The molecule has 0 fully saturated rings. The van der Waals surface area contributed by atoms with Gasteiger partial charge in [-0.25, -0.2) is 4.79 Å². The van der Waals surface area contributed by atoms with Crippen molar-refractivity contribution in [3.63, 3.8) is 0 Å². The van der Waals surface area contributed by atoms with Crippen LogP contribution in [0.15, 0.2) is 36.4 Å².